The van der Waals surface area contributed by atoms with E-state index in [1.165, 1.54) is 11.8 Å². The molecule has 1 aromatic rings. The fraction of sp³-hybridized carbons (Fsp3) is 0.500. The van der Waals surface area contributed by atoms with E-state index in [9.17, 15) is 9.59 Å². The van der Waals surface area contributed by atoms with Crippen LogP contribution < -0.4 is 28.4 Å². The molecule has 0 bridgehead atoms. The molecule has 2 amide bonds. The highest BCUT2D eigenvalue weighted by Gasteiger charge is 2.47. The molecule has 0 spiro atoms. The molecule has 4 N–H and O–H groups in total. The highest BCUT2D eigenvalue weighted by atomic mass is 35.5. The standard InChI is InChI=1S/C14H16N4O3S.ClH/c15-7-1-2-8-9(5-7)21-14(20)18(8)11-4-3-10-13(16-11)17-12(19)6-22-10;/h3-4,7-9H,1-2,5-6,15H2,(H,16,17,19);1H. The molecule has 3 atom stereocenters. The van der Waals surface area contributed by atoms with Crippen molar-refractivity contribution in [2.45, 2.75) is 42.3 Å². The molecule has 1 aromatic heterocycles. The number of carbonyl (C=O) groups is 2. The Morgan fingerprint density at radius 3 is 3.00 bits per heavy atom. The zero-order valence-corrected chi connectivity index (χ0v) is 13.9. The van der Waals surface area contributed by atoms with Crippen LogP contribution in [0.15, 0.2) is 17.0 Å². The van der Waals surface area contributed by atoms with Gasteiger partial charge in [0.15, 0.2) is 0 Å². The summed E-state index contributed by atoms with van der Waals surface area (Å²) in [5.74, 6) is 1.40. The molecular formula is C14H17ClN4O3S. The number of nitrogens with zero attached hydrogens (tertiary/aromatic N) is 2. The number of aromatic nitrogens is 1. The van der Waals surface area contributed by atoms with Gasteiger partial charge >= 0.3 is 6.09 Å². The lowest BCUT2D eigenvalue weighted by atomic mass is 9.89. The first-order chi connectivity index (χ1) is 10.6. The predicted octanol–water partition coefficient (Wildman–Crippen LogP) is -2.38. The van der Waals surface area contributed by atoms with Crippen molar-refractivity contribution in [1.29, 1.82) is 0 Å². The van der Waals surface area contributed by atoms with E-state index in [-0.39, 0.29) is 36.6 Å². The molecule has 3 aliphatic rings. The molecule has 1 saturated carbocycles. The minimum atomic E-state index is -0.355. The van der Waals surface area contributed by atoms with Crippen molar-refractivity contribution in [3.05, 3.63) is 12.1 Å². The van der Waals surface area contributed by atoms with Crippen LogP contribution in [-0.2, 0) is 9.53 Å². The number of anilines is 2. The molecule has 2 aliphatic heterocycles. The van der Waals surface area contributed by atoms with E-state index in [2.05, 4.69) is 16.0 Å². The topological polar surface area (TPSA) is 99.2 Å². The van der Waals surface area contributed by atoms with Crippen molar-refractivity contribution in [3.63, 3.8) is 0 Å². The average molecular weight is 357 g/mol. The lowest BCUT2D eigenvalue weighted by Gasteiger charge is -2.29. The summed E-state index contributed by atoms with van der Waals surface area (Å²) in [6.07, 6.45) is 2.18. The summed E-state index contributed by atoms with van der Waals surface area (Å²) < 4.78 is 5.48. The third kappa shape index (κ3) is 2.86. The van der Waals surface area contributed by atoms with Gasteiger partial charge in [-0.3, -0.25) is 9.69 Å². The normalized spacial score (nSPS) is 29.1. The van der Waals surface area contributed by atoms with Crippen molar-refractivity contribution >= 4 is 35.4 Å². The maximum Gasteiger partial charge on any atom is 0.416 e. The van der Waals surface area contributed by atoms with Gasteiger partial charge in [-0.05, 0) is 18.6 Å². The molecular weight excluding hydrogens is 340 g/mol. The van der Waals surface area contributed by atoms with Gasteiger partial charge in [0.05, 0.1) is 22.7 Å². The second-order valence-electron chi connectivity index (χ2n) is 5.89. The number of fused-ring (bicyclic) bond motifs is 2. The number of nitrogens with one attached hydrogen (secondary N) is 1. The lowest BCUT2D eigenvalue weighted by Crippen LogP contribution is -3.00. The summed E-state index contributed by atoms with van der Waals surface area (Å²) in [6, 6.07) is 4.07. The summed E-state index contributed by atoms with van der Waals surface area (Å²) in [6.45, 7) is 0. The Labute approximate surface area is 143 Å². The fourth-order valence-electron chi connectivity index (χ4n) is 3.29. The number of pyridine rings is 1. The maximum absolute atomic E-state index is 12.2. The van der Waals surface area contributed by atoms with Crippen molar-refractivity contribution < 1.29 is 32.5 Å². The van der Waals surface area contributed by atoms with Gasteiger partial charge in [0.2, 0.25) is 5.91 Å². The Kier molecular flexibility index (Phi) is 4.39. The molecule has 9 heteroatoms. The van der Waals surface area contributed by atoms with Gasteiger partial charge < -0.3 is 28.2 Å². The Morgan fingerprint density at radius 1 is 1.35 bits per heavy atom. The molecule has 4 rings (SSSR count). The van der Waals surface area contributed by atoms with E-state index >= 15 is 0 Å². The Balaban J connectivity index is 0.00000156. The molecule has 7 nitrogen and oxygen atoms in total. The van der Waals surface area contributed by atoms with Gasteiger partial charge in [-0.2, -0.15) is 0 Å². The first kappa shape index (κ1) is 16.4. The second kappa shape index (κ2) is 6.18. The van der Waals surface area contributed by atoms with Crippen molar-refractivity contribution in [2.24, 2.45) is 0 Å². The fourth-order valence-corrected chi connectivity index (χ4v) is 4.05. The Hall–Kier alpha value is -1.51. The number of ether oxygens (including phenoxy) is 1. The van der Waals surface area contributed by atoms with Crippen molar-refractivity contribution in [1.82, 2.24) is 4.98 Å². The van der Waals surface area contributed by atoms with Gasteiger partial charge in [-0.25, -0.2) is 9.78 Å². The van der Waals surface area contributed by atoms with Crippen LogP contribution in [0.2, 0.25) is 0 Å². The third-order valence-corrected chi connectivity index (χ3v) is 5.40. The van der Waals surface area contributed by atoms with Crippen molar-refractivity contribution in [3.8, 4) is 0 Å². The number of amides is 2. The number of carbonyl (C=O) groups excluding carboxylic acids is 2. The average Bonchev–Trinajstić information content (AvgIpc) is 2.81. The number of thioether (sulfide) groups is 1. The monoisotopic (exact) mass is 356 g/mol. The molecule has 1 aliphatic carbocycles. The van der Waals surface area contributed by atoms with Crippen LogP contribution in [0.4, 0.5) is 16.4 Å². The Bertz CT molecular complexity index is 659. The number of rotatable bonds is 1. The zero-order chi connectivity index (χ0) is 15.3. The van der Waals surface area contributed by atoms with E-state index in [0.717, 1.165) is 24.2 Å². The maximum atomic E-state index is 12.2. The van der Waals surface area contributed by atoms with E-state index in [0.29, 0.717) is 23.4 Å². The van der Waals surface area contributed by atoms with Crippen LogP contribution >= 0.6 is 11.8 Å². The van der Waals surface area contributed by atoms with Gasteiger partial charge in [-0.15, -0.1) is 11.8 Å². The first-order valence-electron chi connectivity index (χ1n) is 7.38. The largest absolute Gasteiger partial charge is 1.00 e. The van der Waals surface area contributed by atoms with E-state index in [1.54, 1.807) is 4.90 Å². The molecule has 23 heavy (non-hydrogen) atoms. The Morgan fingerprint density at radius 2 is 2.17 bits per heavy atom. The van der Waals surface area contributed by atoms with Gasteiger partial charge in [0.1, 0.15) is 17.7 Å². The highest BCUT2D eigenvalue weighted by molar-refractivity contribution is 8.00. The first-order valence-corrected chi connectivity index (χ1v) is 8.37. The van der Waals surface area contributed by atoms with Crippen LogP contribution in [0.3, 0.4) is 0 Å². The zero-order valence-electron chi connectivity index (χ0n) is 12.3. The summed E-state index contributed by atoms with van der Waals surface area (Å²) >= 11 is 1.45. The van der Waals surface area contributed by atoms with Crippen LogP contribution in [0.5, 0.6) is 0 Å². The van der Waals surface area contributed by atoms with Crippen LogP contribution in [0.1, 0.15) is 19.3 Å². The molecule has 1 saturated heterocycles. The lowest BCUT2D eigenvalue weighted by molar-refractivity contribution is -0.428. The summed E-state index contributed by atoms with van der Waals surface area (Å²) in [5, 5.41) is 2.76. The molecule has 3 unspecified atom stereocenters. The van der Waals surface area contributed by atoms with Gasteiger partial charge in [-0.1, -0.05) is 0 Å². The van der Waals surface area contributed by atoms with Crippen LogP contribution in [0.25, 0.3) is 0 Å². The number of hydrogen-bond acceptors (Lipinski definition) is 5. The highest BCUT2D eigenvalue weighted by Crippen LogP contribution is 2.37. The van der Waals surface area contributed by atoms with Gasteiger partial charge in [0.25, 0.3) is 0 Å². The summed E-state index contributed by atoms with van der Waals surface area (Å²) in [5.41, 5.74) is 4.07. The quantitative estimate of drug-likeness (QED) is 0.585. The number of hydrogen-bond donors (Lipinski definition) is 2. The van der Waals surface area contributed by atoms with Crippen molar-refractivity contribution in [2.75, 3.05) is 16.0 Å². The minimum Gasteiger partial charge on any atom is -1.00 e. The number of quaternary nitrogens is 1. The minimum absolute atomic E-state index is 0. The predicted molar refractivity (Wildman–Crippen MR) is 80.7 cm³/mol. The van der Waals surface area contributed by atoms with Crippen LogP contribution in [0, 0.1) is 0 Å². The van der Waals surface area contributed by atoms with E-state index < -0.39 is 0 Å². The van der Waals surface area contributed by atoms with Gasteiger partial charge in [0, 0.05) is 12.8 Å². The summed E-state index contributed by atoms with van der Waals surface area (Å²) in [7, 11) is 0. The molecule has 0 aromatic carbocycles. The van der Waals surface area contributed by atoms with E-state index in [4.69, 9.17) is 4.74 Å². The second-order valence-corrected chi connectivity index (χ2v) is 6.91. The third-order valence-electron chi connectivity index (χ3n) is 4.35. The molecule has 0 radical (unpaired) electrons. The van der Waals surface area contributed by atoms with Crippen LogP contribution in [-0.4, -0.2) is 40.9 Å². The number of halogens is 1. The van der Waals surface area contributed by atoms with E-state index in [1.807, 2.05) is 12.1 Å². The SMILES string of the molecule is [Cl-].[NH3+]C1CCC2C(C1)OC(=O)N2c1ccc2c(n1)NC(=O)CS2. The molecule has 124 valence electrons. The smallest absolute Gasteiger partial charge is 0.416 e. The summed E-state index contributed by atoms with van der Waals surface area (Å²) in [4.78, 5) is 30.7. The molecule has 3 heterocycles. The molecule has 2 fully saturated rings.